The molecule has 1 N–H and O–H groups in total. The van der Waals surface area contributed by atoms with Gasteiger partial charge in [0.15, 0.2) is 0 Å². The molecule has 1 unspecified atom stereocenters. The molecule has 1 aromatic heterocycles. The monoisotopic (exact) mass is 268 g/mol. The Morgan fingerprint density at radius 3 is 2.67 bits per heavy atom. The predicted octanol–water partition coefficient (Wildman–Crippen LogP) is 3.88. The lowest BCUT2D eigenvalue weighted by atomic mass is 10.1. The third-order valence-corrected chi connectivity index (χ3v) is 2.91. The molecule has 1 atom stereocenters. The van der Waals surface area contributed by atoms with Gasteiger partial charge in [0, 0.05) is 9.86 Å². The summed E-state index contributed by atoms with van der Waals surface area (Å²) in [6.07, 6.45) is -0.531. The van der Waals surface area contributed by atoms with E-state index in [1.54, 1.807) is 0 Å². The van der Waals surface area contributed by atoms with Gasteiger partial charge in [0.2, 0.25) is 0 Å². The number of hydrogen-bond acceptors (Lipinski definition) is 2. The number of benzene rings is 1. The van der Waals surface area contributed by atoms with E-state index in [1.807, 2.05) is 38.1 Å². The molecule has 2 rings (SSSR count). The second-order valence-electron chi connectivity index (χ2n) is 4.02. The van der Waals surface area contributed by atoms with Gasteiger partial charge in [0.25, 0.3) is 0 Å². The molecule has 0 aliphatic carbocycles. The zero-order valence-electron chi connectivity index (χ0n) is 8.70. The van der Waals surface area contributed by atoms with E-state index in [-0.39, 0.29) is 5.92 Å². The molecule has 1 heterocycles. The number of aliphatic hydroxyl groups excluding tert-OH is 1. The van der Waals surface area contributed by atoms with Crippen LogP contribution in [0.4, 0.5) is 0 Å². The minimum Gasteiger partial charge on any atom is -0.458 e. The number of halogens is 1. The first-order chi connectivity index (χ1) is 7.08. The SMILES string of the molecule is CC(C)C(O)c1cc2cc(Br)ccc2o1. The van der Waals surface area contributed by atoms with Gasteiger partial charge in [-0.05, 0) is 30.2 Å². The third-order valence-electron chi connectivity index (χ3n) is 2.42. The van der Waals surface area contributed by atoms with E-state index in [4.69, 9.17) is 4.42 Å². The molecule has 3 heteroatoms. The van der Waals surface area contributed by atoms with Crippen LogP contribution in [0.25, 0.3) is 11.0 Å². The molecule has 0 saturated carbocycles. The minimum atomic E-state index is -0.531. The van der Waals surface area contributed by atoms with Crippen LogP contribution in [-0.2, 0) is 0 Å². The molecular formula is C12H13BrO2. The normalized spacial score (nSPS) is 13.7. The molecule has 0 spiro atoms. The Labute approximate surface area is 97.0 Å². The van der Waals surface area contributed by atoms with Crippen molar-refractivity contribution in [2.75, 3.05) is 0 Å². The first-order valence-electron chi connectivity index (χ1n) is 4.95. The highest BCUT2D eigenvalue weighted by molar-refractivity contribution is 9.10. The van der Waals surface area contributed by atoms with Crippen LogP contribution in [0.1, 0.15) is 25.7 Å². The summed E-state index contributed by atoms with van der Waals surface area (Å²) in [6.45, 7) is 3.93. The third kappa shape index (κ3) is 2.08. The molecule has 80 valence electrons. The summed E-state index contributed by atoms with van der Waals surface area (Å²) in [7, 11) is 0. The van der Waals surface area contributed by atoms with Gasteiger partial charge in [-0.3, -0.25) is 0 Å². The summed E-state index contributed by atoms with van der Waals surface area (Å²) < 4.78 is 6.59. The smallest absolute Gasteiger partial charge is 0.134 e. The van der Waals surface area contributed by atoms with E-state index in [1.165, 1.54) is 0 Å². The first kappa shape index (κ1) is 10.7. The quantitative estimate of drug-likeness (QED) is 0.897. The number of aliphatic hydroxyl groups is 1. The Bertz CT molecular complexity index is 473. The van der Waals surface area contributed by atoms with Gasteiger partial charge in [-0.25, -0.2) is 0 Å². The van der Waals surface area contributed by atoms with E-state index < -0.39 is 6.10 Å². The van der Waals surface area contributed by atoms with Crippen LogP contribution in [0.15, 0.2) is 33.2 Å². The fourth-order valence-corrected chi connectivity index (χ4v) is 1.89. The van der Waals surface area contributed by atoms with E-state index in [0.717, 1.165) is 15.4 Å². The number of rotatable bonds is 2. The fourth-order valence-electron chi connectivity index (χ4n) is 1.51. The molecule has 2 nitrogen and oxygen atoms in total. The summed E-state index contributed by atoms with van der Waals surface area (Å²) in [5, 5.41) is 10.9. The highest BCUT2D eigenvalue weighted by Crippen LogP contribution is 2.29. The van der Waals surface area contributed by atoms with Crippen molar-refractivity contribution in [3.63, 3.8) is 0 Å². The van der Waals surface area contributed by atoms with Crippen molar-refractivity contribution in [3.8, 4) is 0 Å². The largest absolute Gasteiger partial charge is 0.458 e. The zero-order chi connectivity index (χ0) is 11.0. The summed E-state index contributed by atoms with van der Waals surface area (Å²) in [5.74, 6) is 0.798. The maximum Gasteiger partial charge on any atom is 0.134 e. The summed E-state index contributed by atoms with van der Waals surface area (Å²) in [5.41, 5.74) is 0.813. The first-order valence-corrected chi connectivity index (χ1v) is 5.74. The van der Waals surface area contributed by atoms with Crippen LogP contribution >= 0.6 is 15.9 Å². The second-order valence-corrected chi connectivity index (χ2v) is 4.94. The average molecular weight is 269 g/mol. The summed E-state index contributed by atoms with van der Waals surface area (Å²) in [6, 6.07) is 7.70. The van der Waals surface area contributed by atoms with Gasteiger partial charge >= 0.3 is 0 Å². The van der Waals surface area contributed by atoms with Crippen molar-refractivity contribution in [1.29, 1.82) is 0 Å². The van der Waals surface area contributed by atoms with Crippen LogP contribution in [0.2, 0.25) is 0 Å². The maximum absolute atomic E-state index is 9.86. The highest BCUT2D eigenvalue weighted by Gasteiger charge is 2.16. The van der Waals surface area contributed by atoms with Crippen molar-refractivity contribution >= 4 is 26.9 Å². The molecule has 0 aliphatic rings. The lowest BCUT2D eigenvalue weighted by Crippen LogP contribution is -2.03. The van der Waals surface area contributed by atoms with Crippen LogP contribution in [-0.4, -0.2) is 5.11 Å². The van der Waals surface area contributed by atoms with Gasteiger partial charge in [0.05, 0.1) is 0 Å². The van der Waals surface area contributed by atoms with Crippen molar-refractivity contribution in [2.45, 2.75) is 20.0 Å². The highest BCUT2D eigenvalue weighted by atomic mass is 79.9. The number of hydrogen-bond donors (Lipinski definition) is 1. The molecule has 0 saturated heterocycles. The van der Waals surface area contributed by atoms with Crippen LogP contribution in [0.3, 0.4) is 0 Å². The van der Waals surface area contributed by atoms with Crippen molar-refractivity contribution in [2.24, 2.45) is 5.92 Å². The number of furan rings is 1. The standard InChI is InChI=1S/C12H13BrO2/c1-7(2)12(14)11-6-8-5-9(13)3-4-10(8)15-11/h3-7,12,14H,1-2H3. The minimum absolute atomic E-state index is 0.161. The molecule has 0 bridgehead atoms. The van der Waals surface area contributed by atoms with Crippen molar-refractivity contribution < 1.29 is 9.52 Å². The lowest BCUT2D eigenvalue weighted by molar-refractivity contribution is 0.104. The topological polar surface area (TPSA) is 33.4 Å². The van der Waals surface area contributed by atoms with Gasteiger partial charge in [-0.15, -0.1) is 0 Å². The van der Waals surface area contributed by atoms with Gasteiger partial charge in [-0.1, -0.05) is 29.8 Å². The van der Waals surface area contributed by atoms with E-state index in [0.29, 0.717) is 5.76 Å². The Morgan fingerprint density at radius 2 is 2.00 bits per heavy atom. The second kappa shape index (κ2) is 3.99. The Kier molecular flexibility index (Phi) is 2.85. The Balaban J connectivity index is 2.47. The molecule has 0 aliphatic heterocycles. The molecule has 1 aromatic carbocycles. The maximum atomic E-state index is 9.86. The van der Waals surface area contributed by atoms with Gasteiger partial charge in [-0.2, -0.15) is 0 Å². The molecule has 0 fully saturated rings. The molecular weight excluding hydrogens is 256 g/mol. The molecule has 15 heavy (non-hydrogen) atoms. The van der Waals surface area contributed by atoms with Gasteiger partial charge < -0.3 is 9.52 Å². The fraction of sp³-hybridized carbons (Fsp3) is 0.333. The van der Waals surface area contributed by atoms with E-state index in [2.05, 4.69) is 15.9 Å². The van der Waals surface area contributed by atoms with E-state index in [9.17, 15) is 5.11 Å². The predicted molar refractivity (Wildman–Crippen MR) is 63.7 cm³/mol. The lowest BCUT2D eigenvalue weighted by Gasteiger charge is -2.10. The van der Waals surface area contributed by atoms with E-state index >= 15 is 0 Å². The zero-order valence-corrected chi connectivity index (χ0v) is 10.3. The Hall–Kier alpha value is -0.800. The van der Waals surface area contributed by atoms with Gasteiger partial charge in [0.1, 0.15) is 17.4 Å². The molecule has 0 radical (unpaired) electrons. The Morgan fingerprint density at radius 1 is 1.27 bits per heavy atom. The van der Waals surface area contributed by atoms with Crippen LogP contribution in [0.5, 0.6) is 0 Å². The summed E-state index contributed by atoms with van der Waals surface area (Å²) >= 11 is 3.40. The molecule has 0 amide bonds. The number of fused-ring (bicyclic) bond motifs is 1. The molecule has 2 aromatic rings. The van der Waals surface area contributed by atoms with Crippen LogP contribution in [0, 0.1) is 5.92 Å². The van der Waals surface area contributed by atoms with Crippen molar-refractivity contribution in [3.05, 3.63) is 34.5 Å². The van der Waals surface area contributed by atoms with Crippen LogP contribution < -0.4 is 0 Å². The average Bonchev–Trinajstić information content (AvgIpc) is 2.58. The summed E-state index contributed by atoms with van der Waals surface area (Å²) in [4.78, 5) is 0. The van der Waals surface area contributed by atoms with Crippen molar-refractivity contribution in [1.82, 2.24) is 0 Å².